The molecule has 0 nitrogen and oxygen atoms in total. The molecule has 0 bridgehead atoms. The first kappa shape index (κ1) is 13.6. The van der Waals surface area contributed by atoms with Crippen LogP contribution in [0.5, 0.6) is 0 Å². The number of benzene rings is 2. The summed E-state index contributed by atoms with van der Waals surface area (Å²) in [6.07, 6.45) is 0. The van der Waals surface area contributed by atoms with Gasteiger partial charge >= 0.3 is 0 Å². The number of rotatable bonds is 2. The van der Waals surface area contributed by atoms with E-state index in [1.54, 1.807) is 24.3 Å². The molecule has 0 amide bonds. The van der Waals surface area contributed by atoms with Crippen molar-refractivity contribution < 1.29 is 13.2 Å². The van der Waals surface area contributed by atoms with Crippen molar-refractivity contribution in [1.29, 1.82) is 0 Å². The molecule has 2 aromatic carbocycles. The summed E-state index contributed by atoms with van der Waals surface area (Å²) < 4.78 is 40.5. The third kappa shape index (κ3) is 2.78. The molecule has 2 rings (SSSR count). The molecule has 0 spiro atoms. The Morgan fingerprint density at radius 2 is 1.39 bits per heavy atom. The highest BCUT2D eigenvalue weighted by atomic mass is 79.9. The minimum Gasteiger partial charge on any atom is -0.207 e. The minimum absolute atomic E-state index is 0.0659. The van der Waals surface area contributed by atoms with E-state index in [2.05, 4.69) is 31.9 Å². The van der Waals surface area contributed by atoms with Gasteiger partial charge in [0, 0.05) is 16.1 Å². The van der Waals surface area contributed by atoms with Crippen LogP contribution in [0.25, 0.3) is 0 Å². The fourth-order valence-electron chi connectivity index (χ4n) is 1.54. The van der Waals surface area contributed by atoms with Gasteiger partial charge in [0.15, 0.2) is 11.6 Å². The van der Waals surface area contributed by atoms with Crippen LogP contribution in [0.15, 0.2) is 40.9 Å². The number of halogens is 5. The minimum atomic E-state index is -1.19. The predicted molar refractivity (Wildman–Crippen MR) is 71.2 cm³/mol. The van der Waals surface area contributed by atoms with Gasteiger partial charge in [-0.2, -0.15) is 0 Å². The van der Waals surface area contributed by atoms with E-state index < -0.39 is 22.3 Å². The molecular formula is C13H7Br2F3. The van der Waals surface area contributed by atoms with Crippen LogP contribution in [-0.2, 0) is 0 Å². The van der Waals surface area contributed by atoms with E-state index >= 15 is 0 Å². The van der Waals surface area contributed by atoms with Gasteiger partial charge in [-0.3, -0.25) is 0 Å². The maximum absolute atomic E-state index is 13.6. The normalized spacial score (nSPS) is 12.5. The summed E-state index contributed by atoms with van der Waals surface area (Å²) in [4.78, 5) is -0.527. The van der Waals surface area contributed by atoms with Crippen LogP contribution < -0.4 is 0 Å². The smallest absolute Gasteiger partial charge is 0.161 e. The monoisotopic (exact) mass is 378 g/mol. The van der Waals surface area contributed by atoms with E-state index in [4.69, 9.17) is 0 Å². The summed E-state index contributed by atoms with van der Waals surface area (Å²) in [7, 11) is 0. The van der Waals surface area contributed by atoms with Gasteiger partial charge in [-0.05, 0) is 23.8 Å². The Morgan fingerprint density at radius 3 is 2.00 bits per heavy atom. The predicted octanol–water partition coefficient (Wildman–Crippen LogP) is 5.35. The molecule has 0 radical (unpaired) electrons. The van der Waals surface area contributed by atoms with Crippen molar-refractivity contribution in [3.05, 3.63) is 69.4 Å². The molecule has 18 heavy (non-hydrogen) atoms. The molecule has 94 valence electrons. The molecule has 0 heterocycles. The van der Waals surface area contributed by atoms with Crippen LogP contribution >= 0.6 is 31.9 Å². The molecule has 0 saturated heterocycles. The largest absolute Gasteiger partial charge is 0.207 e. The van der Waals surface area contributed by atoms with Crippen LogP contribution in [0.4, 0.5) is 13.2 Å². The highest BCUT2D eigenvalue weighted by Crippen LogP contribution is 2.33. The van der Waals surface area contributed by atoms with Crippen molar-refractivity contribution in [1.82, 2.24) is 0 Å². The molecule has 0 saturated carbocycles. The van der Waals surface area contributed by atoms with Crippen molar-refractivity contribution in [2.75, 3.05) is 0 Å². The number of hydrogen-bond donors (Lipinski definition) is 0. The third-order valence-electron chi connectivity index (χ3n) is 2.48. The number of alkyl halides is 1. The molecule has 0 N–H and O–H groups in total. The lowest BCUT2D eigenvalue weighted by atomic mass is 10.0. The van der Waals surface area contributed by atoms with Gasteiger partial charge in [0.05, 0.1) is 4.83 Å². The van der Waals surface area contributed by atoms with Gasteiger partial charge in [0.1, 0.15) is 5.82 Å². The quantitative estimate of drug-likeness (QED) is 0.487. The zero-order valence-electron chi connectivity index (χ0n) is 8.93. The van der Waals surface area contributed by atoms with Gasteiger partial charge in [0.2, 0.25) is 0 Å². The van der Waals surface area contributed by atoms with Crippen molar-refractivity contribution in [2.45, 2.75) is 4.83 Å². The highest BCUT2D eigenvalue weighted by molar-refractivity contribution is 9.10. The first-order chi connectivity index (χ1) is 8.49. The lowest BCUT2D eigenvalue weighted by Crippen LogP contribution is -1.99. The molecule has 0 aliphatic rings. The Morgan fingerprint density at radius 1 is 0.833 bits per heavy atom. The Hall–Kier alpha value is -0.810. The zero-order chi connectivity index (χ0) is 13.3. The van der Waals surface area contributed by atoms with E-state index in [9.17, 15) is 13.2 Å². The zero-order valence-corrected chi connectivity index (χ0v) is 12.1. The maximum atomic E-state index is 13.6. The molecule has 0 aliphatic heterocycles. The second kappa shape index (κ2) is 5.45. The second-order valence-corrected chi connectivity index (χ2v) is 5.53. The maximum Gasteiger partial charge on any atom is 0.161 e. The van der Waals surface area contributed by atoms with Crippen molar-refractivity contribution >= 4 is 31.9 Å². The lowest BCUT2D eigenvalue weighted by molar-refractivity contribution is 0.491. The average molecular weight is 380 g/mol. The molecule has 0 aliphatic carbocycles. The molecule has 0 fully saturated rings. The van der Waals surface area contributed by atoms with E-state index in [1.165, 1.54) is 0 Å². The van der Waals surface area contributed by atoms with Crippen LogP contribution in [0, 0.1) is 17.5 Å². The second-order valence-electron chi connectivity index (χ2n) is 3.70. The van der Waals surface area contributed by atoms with E-state index in [1.807, 2.05) is 0 Å². The first-order valence-corrected chi connectivity index (χ1v) is 6.74. The van der Waals surface area contributed by atoms with E-state index in [0.29, 0.717) is 6.07 Å². The van der Waals surface area contributed by atoms with Gasteiger partial charge in [-0.25, -0.2) is 13.2 Å². The SMILES string of the molecule is Fc1cc(F)c(C(Br)c2ccc(Br)cc2)cc1F. The van der Waals surface area contributed by atoms with Crippen LogP contribution in [0.1, 0.15) is 16.0 Å². The average Bonchev–Trinajstić information content (AvgIpc) is 2.34. The summed E-state index contributed by atoms with van der Waals surface area (Å²) >= 11 is 6.57. The lowest BCUT2D eigenvalue weighted by Gasteiger charge is -2.12. The Bertz CT molecular complexity index is 567. The molecule has 2 aromatic rings. The first-order valence-electron chi connectivity index (χ1n) is 5.03. The molecule has 1 atom stereocenters. The summed E-state index contributed by atoms with van der Waals surface area (Å²) in [5.74, 6) is -3.03. The molecule has 1 unspecified atom stereocenters. The molecule has 0 aromatic heterocycles. The Kier molecular flexibility index (Phi) is 4.12. The van der Waals surface area contributed by atoms with Crippen molar-refractivity contribution in [3.63, 3.8) is 0 Å². The third-order valence-corrected chi connectivity index (χ3v) is 4.03. The van der Waals surface area contributed by atoms with Crippen molar-refractivity contribution in [3.8, 4) is 0 Å². The Balaban J connectivity index is 2.42. The van der Waals surface area contributed by atoms with Crippen LogP contribution in [0.3, 0.4) is 0 Å². The van der Waals surface area contributed by atoms with Gasteiger partial charge < -0.3 is 0 Å². The van der Waals surface area contributed by atoms with Crippen LogP contribution in [-0.4, -0.2) is 0 Å². The van der Waals surface area contributed by atoms with Gasteiger partial charge in [-0.15, -0.1) is 0 Å². The van der Waals surface area contributed by atoms with Crippen LogP contribution in [0.2, 0.25) is 0 Å². The fourth-order valence-corrected chi connectivity index (χ4v) is 2.46. The topological polar surface area (TPSA) is 0 Å². The van der Waals surface area contributed by atoms with E-state index in [0.717, 1.165) is 16.1 Å². The fraction of sp³-hybridized carbons (Fsp3) is 0.0769. The number of hydrogen-bond acceptors (Lipinski definition) is 0. The highest BCUT2D eigenvalue weighted by Gasteiger charge is 2.18. The summed E-state index contributed by atoms with van der Waals surface area (Å²) in [5.41, 5.74) is 0.819. The van der Waals surface area contributed by atoms with E-state index in [-0.39, 0.29) is 5.56 Å². The molecule has 5 heteroatoms. The summed E-state index contributed by atoms with van der Waals surface area (Å²) in [5, 5.41) is 0. The van der Waals surface area contributed by atoms with Gasteiger partial charge in [0.25, 0.3) is 0 Å². The van der Waals surface area contributed by atoms with Crippen molar-refractivity contribution in [2.24, 2.45) is 0 Å². The summed E-state index contributed by atoms with van der Waals surface area (Å²) in [6.45, 7) is 0. The Labute approximate surface area is 119 Å². The summed E-state index contributed by atoms with van der Waals surface area (Å²) in [6, 6.07) is 8.54. The van der Waals surface area contributed by atoms with Gasteiger partial charge in [-0.1, -0.05) is 44.0 Å². The standard InChI is InChI=1S/C13H7Br2F3/c14-8-3-1-7(2-4-8)13(15)9-5-11(17)12(18)6-10(9)16/h1-6,13H. The molecular weight excluding hydrogens is 373 g/mol.